The largest absolute Gasteiger partial charge is 0.497 e. The van der Waals surface area contributed by atoms with E-state index in [9.17, 15) is 9.59 Å². The molecule has 0 aliphatic rings. The van der Waals surface area contributed by atoms with Crippen LogP contribution in [0.25, 0.3) is 11.0 Å². The molecule has 8 heteroatoms. The lowest BCUT2D eigenvalue weighted by molar-refractivity contribution is -0.123. The quantitative estimate of drug-likeness (QED) is 0.586. The van der Waals surface area contributed by atoms with E-state index in [1.807, 2.05) is 0 Å². The molecule has 0 saturated heterocycles. The van der Waals surface area contributed by atoms with Crippen molar-refractivity contribution in [3.05, 3.63) is 47.7 Å². The number of methoxy groups -OCH3 is 3. The van der Waals surface area contributed by atoms with Gasteiger partial charge in [0.25, 0.3) is 5.91 Å². The number of aryl methyl sites for hydroxylation is 1. The molecule has 158 valence electrons. The van der Waals surface area contributed by atoms with E-state index in [0.717, 1.165) is 5.39 Å². The SMILES string of the molecule is COc1ccc2oc(C(=O)O[C@H](C)C(=O)Nc3ccc(OC)c(OC)c3)c(C)c2c1. The number of carbonyl (C=O) groups is 2. The number of rotatable bonds is 7. The topological polar surface area (TPSA) is 96.2 Å². The molecule has 2 aromatic carbocycles. The maximum Gasteiger partial charge on any atom is 0.375 e. The van der Waals surface area contributed by atoms with Crippen LogP contribution in [0.4, 0.5) is 5.69 Å². The van der Waals surface area contributed by atoms with Crippen LogP contribution < -0.4 is 19.5 Å². The average molecular weight is 413 g/mol. The lowest BCUT2D eigenvalue weighted by Gasteiger charge is -2.14. The highest BCUT2D eigenvalue weighted by Crippen LogP contribution is 2.31. The maximum absolute atomic E-state index is 12.6. The van der Waals surface area contributed by atoms with Crippen LogP contribution in [-0.4, -0.2) is 39.3 Å². The van der Waals surface area contributed by atoms with Crippen LogP contribution in [0.3, 0.4) is 0 Å². The monoisotopic (exact) mass is 413 g/mol. The first kappa shape index (κ1) is 21.0. The Hall–Kier alpha value is -3.68. The Kier molecular flexibility index (Phi) is 6.15. The van der Waals surface area contributed by atoms with Crippen molar-refractivity contribution in [3.8, 4) is 17.2 Å². The summed E-state index contributed by atoms with van der Waals surface area (Å²) in [6.45, 7) is 3.23. The van der Waals surface area contributed by atoms with Crippen LogP contribution in [0.15, 0.2) is 40.8 Å². The zero-order chi connectivity index (χ0) is 21.8. The molecule has 0 spiro atoms. The van der Waals surface area contributed by atoms with Crippen molar-refractivity contribution in [2.24, 2.45) is 0 Å². The van der Waals surface area contributed by atoms with E-state index in [1.54, 1.807) is 50.4 Å². The lowest BCUT2D eigenvalue weighted by Crippen LogP contribution is -2.30. The fourth-order valence-corrected chi connectivity index (χ4v) is 2.95. The van der Waals surface area contributed by atoms with E-state index < -0.39 is 18.0 Å². The van der Waals surface area contributed by atoms with Crippen LogP contribution in [0.5, 0.6) is 17.2 Å². The Morgan fingerprint density at radius 2 is 1.70 bits per heavy atom. The molecule has 0 fully saturated rings. The van der Waals surface area contributed by atoms with E-state index in [2.05, 4.69) is 5.32 Å². The van der Waals surface area contributed by atoms with Gasteiger partial charge in [0.1, 0.15) is 11.3 Å². The van der Waals surface area contributed by atoms with Crippen molar-refractivity contribution in [1.29, 1.82) is 0 Å². The first-order chi connectivity index (χ1) is 14.4. The van der Waals surface area contributed by atoms with Gasteiger partial charge in [-0.05, 0) is 44.2 Å². The molecule has 0 aliphatic heterocycles. The van der Waals surface area contributed by atoms with Crippen molar-refractivity contribution >= 4 is 28.5 Å². The summed E-state index contributed by atoms with van der Waals surface area (Å²) >= 11 is 0. The Bertz CT molecular complexity index is 1090. The molecule has 3 aromatic rings. The van der Waals surface area contributed by atoms with Crippen LogP contribution in [0.1, 0.15) is 23.0 Å². The van der Waals surface area contributed by atoms with Crippen LogP contribution in [0.2, 0.25) is 0 Å². The van der Waals surface area contributed by atoms with Gasteiger partial charge in [-0.1, -0.05) is 0 Å². The fraction of sp³-hybridized carbons (Fsp3) is 0.273. The summed E-state index contributed by atoms with van der Waals surface area (Å²) in [6.07, 6.45) is -1.05. The predicted molar refractivity (Wildman–Crippen MR) is 111 cm³/mol. The second-order valence-corrected chi connectivity index (χ2v) is 6.52. The van der Waals surface area contributed by atoms with Gasteiger partial charge in [0, 0.05) is 22.7 Å². The summed E-state index contributed by atoms with van der Waals surface area (Å²) in [5, 5.41) is 3.42. The minimum atomic E-state index is -1.05. The first-order valence-corrected chi connectivity index (χ1v) is 9.19. The van der Waals surface area contributed by atoms with Crippen molar-refractivity contribution in [3.63, 3.8) is 0 Å². The zero-order valence-electron chi connectivity index (χ0n) is 17.4. The number of hydrogen-bond acceptors (Lipinski definition) is 7. The van der Waals surface area contributed by atoms with Crippen molar-refractivity contribution in [2.45, 2.75) is 20.0 Å². The Balaban J connectivity index is 1.71. The van der Waals surface area contributed by atoms with Crippen LogP contribution >= 0.6 is 0 Å². The minimum Gasteiger partial charge on any atom is -0.497 e. The molecule has 0 bridgehead atoms. The molecule has 0 unspecified atom stereocenters. The summed E-state index contributed by atoms with van der Waals surface area (Å²) in [7, 11) is 4.58. The fourth-order valence-electron chi connectivity index (χ4n) is 2.95. The number of furan rings is 1. The minimum absolute atomic E-state index is 0.0454. The van der Waals surface area contributed by atoms with E-state index >= 15 is 0 Å². The molecule has 1 N–H and O–H groups in total. The number of hydrogen-bond donors (Lipinski definition) is 1. The van der Waals surface area contributed by atoms with Gasteiger partial charge >= 0.3 is 5.97 Å². The van der Waals surface area contributed by atoms with Gasteiger partial charge in [-0.3, -0.25) is 4.79 Å². The Morgan fingerprint density at radius 3 is 2.37 bits per heavy atom. The van der Waals surface area contributed by atoms with Gasteiger partial charge in [-0.15, -0.1) is 0 Å². The number of amides is 1. The van der Waals surface area contributed by atoms with E-state index in [1.165, 1.54) is 21.1 Å². The third kappa shape index (κ3) is 4.17. The molecule has 1 heterocycles. The van der Waals surface area contributed by atoms with Gasteiger partial charge in [0.2, 0.25) is 5.76 Å². The second kappa shape index (κ2) is 8.77. The Labute approximate surface area is 173 Å². The summed E-state index contributed by atoms with van der Waals surface area (Å²) in [6, 6.07) is 10.2. The van der Waals surface area contributed by atoms with E-state index in [-0.39, 0.29) is 5.76 Å². The van der Waals surface area contributed by atoms with Crippen molar-refractivity contribution in [2.75, 3.05) is 26.6 Å². The molecule has 0 saturated carbocycles. The van der Waals surface area contributed by atoms with Crippen molar-refractivity contribution < 1.29 is 33.0 Å². The van der Waals surface area contributed by atoms with Gasteiger partial charge in [-0.2, -0.15) is 0 Å². The smallest absolute Gasteiger partial charge is 0.375 e. The molecule has 1 amide bonds. The van der Waals surface area contributed by atoms with Crippen LogP contribution in [0, 0.1) is 6.92 Å². The molecular weight excluding hydrogens is 390 g/mol. The Morgan fingerprint density at radius 1 is 0.967 bits per heavy atom. The molecule has 1 atom stereocenters. The highest BCUT2D eigenvalue weighted by atomic mass is 16.6. The number of esters is 1. The normalized spacial score (nSPS) is 11.6. The third-order valence-corrected chi connectivity index (χ3v) is 4.63. The summed E-state index contributed by atoms with van der Waals surface area (Å²) in [4.78, 5) is 25.0. The molecule has 1 aromatic heterocycles. The van der Waals surface area contributed by atoms with Gasteiger partial charge in [0.05, 0.1) is 21.3 Å². The second-order valence-electron chi connectivity index (χ2n) is 6.52. The molecule has 30 heavy (non-hydrogen) atoms. The molecule has 8 nitrogen and oxygen atoms in total. The van der Waals surface area contributed by atoms with E-state index in [0.29, 0.717) is 34.1 Å². The number of carbonyl (C=O) groups excluding carboxylic acids is 2. The number of nitrogens with one attached hydrogen (secondary N) is 1. The highest BCUT2D eigenvalue weighted by Gasteiger charge is 2.24. The van der Waals surface area contributed by atoms with Gasteiger partial charge in [0.15, 0.2) is 17.6 Å². The highest BCUT2D eigenvalue weighted by molar-refractivity contribution is 5.99. The standard InChI is InChI=1S/C22H23NO7/c1-12-16-11-15(26-3)7-9-17(16)30-20(12)22(25)29-13(2)21(24)23-14-6-8-18(27-4)19(10-14)28-5/h6-11,13H,1-5H3,(H,23,24)/t13-/m1/s1. The number of fused-ring (bicyclic) bond motifs is 1. The summed E-state index contributed by atoms with van der Waals surface area (Å²) < 4.78 is 26.5. The predicted octanol–water partition coefficient (Wildman–Crippen LogP) is 3.95. The molecule has 0 radical (unpaired) electrons. The zero-order valence-corrected chi connectivity index (χ0v) is 17.4. The summed E-state index contributed by atoms with van der Waals surface area (Å²) in [5.74, 6) is 0.474. The van der Waals surface area contributed by atoms with E-state index in [4.69, 9.17) is 23.4 Å². The van der Waals surface area contributed by atoms with Gasteiger partial charge in [-0.25, -0.2) is 4.79 Å². The number of ether oxygens (including phenoxy) is 4. The van der Waals surface area contributed by atoms with Crippen LogP contribution in [-0.2, 0) is 9.53 Å². The number of benzene rings is 2. The number of anilines is 1. The maximum atomic E-state index is 12.6. The average Bonchev–Trinajstić information content (AvgIpc) is 3.09. The third-order valence-electron chi connectivity index (χ3n) is 4.63. The van der Waals surface area contributed by atoms with Gasteiger partial charge < -0.3 is 28.7 Å². The first-order valence-electron chi connectivity index (χ1n) is 9.19. The lowest BCUT2D eigenvalue weighted by atomic mass is 10.1. The molecule has 0 aliphatic carbocycles. The van der Waals surface area contributed by atoms with Crippen molar-refractivity contribution in [1.82, 2.24) is 0 Å². The molecule has 3 rings (SSSR count). The molecular formula is C22H23NO7. The summed E-state index contributed by atoms with van der Waals surface area (Å²) in [5.41, 5.74) is 1.62.